The lowest BCUT2D eigenvalue weighted by molar-refractivity contribution is 0.0880. The third-order valence-electron chi connectivity index (χ3n) is 3.42. The molecule has 0 fully saturated rings. The maximum Gasteiger partial charge on any atom is 0.262 e. The highest BCUT2D eigenvalue weighted by Gasteiger charge is 2.32. The number of ether oxygens (including phenoxy) is 1. The Bertz CT molecular complexity index is 904. The molecule has 0 aliphatic carbocycles. The van der Waals surface area contributed by atoms with E-state index in [1.807, 2.05) is 0 Å². The summed E-state index contributed by atoms with van der Waals surface area (Å²) >= 11 is 0. The van der Waals surface area contributed by atoms with E-state index in [4.69, 9.17) is 10.5 Å². The lowest BCUT2D eigenvalue weighted by atomic mass is 10.1. The van der Waals surface area contributed by atoms with Gasteiger partial charge in [0.1, 0.15) is 17.4 Å². The van der Waals surface area contributed by atoms with Gasteiger partial charge in [-0.05, 0) is 19.1 Å². The Kier molecular flexibility index (Phi) is 3.36. The monoisotopic (exact) mass is 317 g/mol. The molecule has 0 radical (unpaired) electrons. The Morgan fingerprint density at radius 2 is 1.96 bits per heavy atom. The largest absolute Gasteiger partial charge is 0.492 e. The maximum absolute atomic E-state index is 13.4. The zero-order valence-corrected chi connectivity index (χ0v) is 12.1. The second-order valence-corrected chi connectivity index (χ2v) is 4.82. The number of fused-ring (bicyclic) bond motifs is 1. The lowest BCUT2D eigenvalue weighted by Crippen LogP contribution is -2.24. The first-order valence-corrected chi connectivity index (χ1v) is 6.78. The second kappa shape index (κ2) is 5.24. The number of pyridine rings is 1. The predicted molar refractivity (Wildman–Crippen MR) is 79.4 cm³/mol. The summed E-state index contributed by atoms with van der Waals surface area (Å²) in [6.45, 7) is 1.95. The standard InChI is InChI=1S/C15H12FN3O4/c1-2-23-10-5-7(16)3-4-9(10)19-11(20)6-8-12(13(19)17)15(22)18-14(8)21/h3-6H,2,17H2,1H3,(H,18,21,22). The van der Waals surface area contributed by atoms with E-state index in [0.29, 0.717) is 0 Å². The van der Waals surface area contributed by atoms with Crippen LogP contribution in [-0.4, -0.2) is 23.0 Å². The topological polar surface area (TPSA) is 103 Å². The molecular formula is C15H12FN3O4. The minimum Gasteiger partial charge on any atom is -0.492 e. The van der Waals surface area contributed by atoms with Crippen LogP contribution in [0.5, 0.6) is 5.75 Å². The number of benzene rings is 1. The maximum atomic E-state index is 13.4. The first-order chi connectivity index (χ1) is 10.9. The van der Waals surface area contributed by atoms with Crippen molar-refractivity contribution in [1.29, 1.82) is 0 Å². The molecule has 2 amide bonds. The van der Waals surface area contributed by atoms with E-state index in [-0.39, 0.29) is 35.0 Å². The highest BCUT2D eigenvalue weighted by Crippen LogP contribution is 2.28. The van der Waals surface area contributed by atoms with Crippen LogP contribution in [0.15, 0.2) is 29.1 Å². The first kappa shape index (κ1) is 14.8. The highest BCUT2D eigenvalue weighted by molar-refractivity contribution is 6.23. The number of anilines is 1. The summed E-state index contributed by atoms with van der Waals surface area (Å²) in [5.41, 5.74) is 5.33. The van der Waals surface area contributed by atoms with Crippen LogP contribution < -0.4 is 21.3 Å². The molecular weight excluding hydrogens is 305 g/mol. The van der Waals surface area contributed by atoms with Crippen molar-refractivity contribution in [2.75, 3.05) is 12.3 Å². The van der Waals surface area contributed by atoms with Crippen LogP contribution in [0.3, 0.4) is 0 Å². The third-order valence-corrected chi connectivity index (χ3v) is 3.42. The summed E-state index contributed by atoms with van der Waals surface area (Å²) in [4.78, 5) is 35.8. The molecule has 1 aliphatic rings. The fraction of sp³-hybridized carbons (Fsp3) is 0.133. The Labute approximate surface area is 129 Å². The van der Waals surface area contributed by atoms with Crippen LogP contribution in [0.25, 0.3) is 5.69 Å². The number of carbonyl (C=O) groups is 2. The van der Waals surface area contributed by atoms with Gasteiger partial charge in [-0.25, -0.2) is 4.39 Å². The zero-order valence-electron chi connectivity index (χ0n) is 12.1. The molecule has 2 heterocycles. The number of nitrogens with one attached hydrogen (secondary N) is 1. The predicted octanol–water partition coefficient (Wildman–Crippen LogP) is 0.841. The van der Waals surface area contributed by atoms with Crippen LogP contribution in [0.4, 0.5) is 10.2 Å². The van der Waals surface area contributed by atoms with Crippen molar-refractivity contribution in [2.45, 2.75) is 6.92 Å². The van der Waals surface area contributed by atoms with Gasteiger partial charge in [-0.2, -0.15) is 0 Å². The Morgan fingerprint density at radius 3 is 2.65 bits per heavy atom. The average Bonchev–Trinajstić information content (AvgIpc) is 2.76. The number of aromatic nitrogens is 1. The van der Waals surface area contributed by atoms with E-state index in [0.717, 1.165) is 22.8 Å². The molecule has 3 N–H and O–H groups in total. The smallest absolute Gasteiger partial charge is 0.262 e. The summed E-state index contributed by atoms with van der Waals surface area (Å²) in [5, 5.41) is 2.08. The molecule has 0 spiro atoms. The van der Waals surface area contributed by atoms with Gasteiger partial charge < -0.3 is 10.5 Å². The van der Waals surface area contributed by atoms with Crippen LogP contribution in [0.1, 0.15) is 27.6 Å². The number of hydrogen-bond acceptors (Lipinski definition) is 5. The minimum absolute atomic E-state index is 0.0752. The van der Waals surface area contributed by atoms with E-state index in [1.54, 1.807) is 6.92 Å². The van der Waals surface area contributed by atoms with Crippen LogP contribution in [-0.2, 0) is 0 Å². The van der Waals surface area contributed by atoms with Crippen LogP contribution in [0, 0.1) is 5.82 Å². The van der Waals surface area contributed by atoms with Gasteiger partial charge in [0.2, 0.25) is 0 Å². The molecule has 0 atom stereocenters. The van der Waals surface area contributed by atoms with E-state index in [9.17, 15) is 18.8 Å². The summed E-state index contributed by atoms with van der Waals surface area (Å²) in [7, 11) is 0. The number of rotatable bonds is 3. The van der Waals surface area contributed by atoms with Gasteiger partial charge in [0.05, 0.1) is 23.4 Å². The number of nitrogens with two attached hydrogens (primary N) is 1. The molecule has 118 valence electrons. The number of imide groups is 1. The number of hydrogen-bond donors (Lipinski definition) is 2. The SMILES string of the molecule is CCOc1cc(F)ccc1-n1c(N)c2c(cc1=O)C(=O)NC2=O. The van der Waals surface area contributed by atoms with Gasteiger partial charge in [0.25, 0.3) is 17.4 Å². The van der Waals surface area contributed by atoms with Crippen molar-refractivity contribution in [3.8, 4) is 11.4 Å². The number of nitrogens with zero attached hydrogens (tertiary/aromatic N) is 1. The number of carbonyl (C=O) groups excluding carboxylic acids is 2. The molecule has 1 aromatic carbocycles. The average molecular weight is 317 g/mol. The second-order valence-electron chi connectivity index (χ2n) is 4.82. The number of nitrogen functional groups attached to an aromatic ring is 1. The van der Waals surface area contributed by atoms with E-state index in [2.05, 4.69) is 5.32 Å². The van der Waals surface area contributed by atoms with E-state index < -0.39 is 23.2 Å². The normalized spacial score (nSPS) is 13.0. The molecule has 0 unspecified atom stereocenters. The molecule has 1 aromatic heterocycles. The summed E-state index contributed by atoms with van der Waals surface area (Å²) in [5.74, 6) is -2.01. The third kappa shape index (κ3) is 2.24. The fourth-order valence-electron chi connectivity index (χ4n) is 2.47. The van der Waals surface area contributed by atoms with E-state index >= 15 is 0 Å². The quantitative estimate of drug-likeness (QED) is 0.817. The summed E-state index contributed by atoms with van der Waals surface area (Å²) in [6.07, 6.45) is 0. The fourth-order valence-corrected chi connectivity index (χ4v) is 2.47. The molecule has 0 saturated carbocycles. The van der Waals surface area contributed by atoms with Gasteiger partial charge in [-0.3, -0.25) is 24.3 Å². The van der Waals surface area contributed by atoms with Gasteiger partial charge >= 0.3 is 0 Å². The molecule has 23 heavy (non-hydrogen) atoms. The van der Waals surface area contributed by atoms with Gasteiger partial charge in [0, 0.05) is 12.1 Å². The number of halogens is 1. The van der Waals surface area contributed by atoms with Gasteiger partial charge in [-0.15, -0.1) is 0 Å². The van der Waals surface area contributed by atoms with Crippen LogP contribution >= 0.6 is 0 Å². The van der Waals surface area contributed by atoms with Crippen molar-refractivity contribution in [1.82, 2.24) is 9.88 Å². The van der Waals surface area contributed by atoms with Gasteiger partial charge in [0.15, 0.2) is 0 Å². The highest BCUT2D eigenvalue weighted by atomic mass is 19.1. The van der Waals surface area contributed by atoms with Crippen molar-refractivity contribution >= 4 is 17.6 Å². The summed E-state index contributed by atoms with van der Waals surface area (Å²) in [6, 6.07) is 4.59. The van der Waals surface area contributed by atoms with Crippen molar-refractivity contribution in [2.24, 2.45) is 0 Å². The first-order valence-electron chi connectivity index (χ1n) is 6.78. The molecule has 0 saturated heterocycles. The molecule has 1 aliphatic heterocycles. The van der Waals surface area contributed by atoms with Crippen molar-refractivity contribution in [3.05, 3.63) is 51.6 Å². The minimum atomic E-state index is -0.684. The van der Waals surface area contributed by atoms with Crippen LogP contribution in [0.2, 0.25) is 0 Å². The Balaban J connectivity index is 2.31. The van der Waals surface area contributed by atoms with E-state index in [1.165, 1.54) is 6.07 Å². The Hall–Kier alpha value is -3.16. The van der Waals surface area contributed by atoms with Gasteiger partial charge in [-0.1, -0.05) is 0 Å². The van der Waals surface area contributed by atoms with Crippen molar-refractivity contribution in [3.63, 3.8) is 0 Å². The molecule has 0 bridgehead atoms. The molecule has 3 rings (SSSR count). The summed E-state index contributed by atoms with van der Waals surface area (Å²) < 4.78 is 19.8. The molecule has 7 nitrogen and oxygen atoms in total. The molecule has 8 heteroatoms. The zero-order chi connectivity index (χ0) is 16.7. The lowest BCUT2D eigenvalue weighted by Gasteiger charge is -2.15. The molecule has 2 aromatic rings. The Morgan fingerprint density at radius 1 is 1.22 bits per heavy atom. The number of amides is 2. The van der Waals surface area contributed by atoms with Crippen molar-refractivity contribution < 1.29 is 18.7 Å².